The molecule has 2 aliphatic rings. The summed E-state index contributed by atoms with van der Waals surface area (Å²) in [6.07, 6.45) is 7.74. The maximum Gasteiger partial charge on any atom is 0.440 e. The largest absolute Gasteiger partial charge is 0.444 e. The summed E-state index contributed by atoms with van der Waals surface area (Å²) >= 11 is 0. The summed E-state index contributed by atoms with van der Waals surface area (Å²) in [4.78, 5) is 41.1. The van der Waals surface area contributed by atoms with Gasteiger partial charge in [-0.25, -0.2) is 19.6 Å². The third-order valence-corrected chi connectivity index (χ3v) is 10.7. The number of hydrogen-bond donors (Lipinski definition) is 3. The van der Waals surface area contributed by atoms with Crippen LogP contribution in [0.25, 0.3) is 33.6 Å². The monoisotopic (exact) mass is 670 g/mol. The highest BCUT2D eigenvalue weighted by Gasteiger charge is 2.33. The van der Waals surface area contributed by atoms with E-state index in [9.17, 15) is 9.59 Å². The zero-order valence-corrected chi connectivity index (χ0v) is 29.4. The van der Waals surface area contributed by atoms with Crippen molar-refractivity contribution in [1.82, 2.24) is 25.3 Å². The van der Waals surface area contributed by atoms with Gasteiger partial charge in [0.2, 0.25) is 0 Å². The van der Waals surface area contributed by atoms with Crippen LogP contribution in [-0.4, -0.2) is 55.1 Å². The molecule has 3 heterocycles. The highest BCUT2D eigenvalue weighted by Crippen LogP contribution is 2.36. The standard InChI is InChI=1S/C37H46N6O4S/c1-36(2,3)46-34(44)42-28-10-7-9-27(28)32-38-21-29(40-32)25-16-12-23(13-17-25)24-14-18-26(19-15-24)30-22-39-33(41-30)31-11-8-20-48(31)43-35(45)47-37(4,5)6/h12-19,21-22,27-28,31H,7-11,20H2,1-6H3,(H,38,40)(H,39,41)(H,42,44)/t27-,28+,31+,48?/m1/s1. The minimum absolute atomic E-state index is 0.00258. The second-order valence-electron chi connectivity index (χ2n) is 14.6. The van der Waals surface area contributed by atoms with Crippen molar-refractivity contribution in [2.24, 2.45) is 4.36 Å². The van der Waals surface area contributed by atoms with Crippen LogP contribution in [0, 0.1) is 0 Å². The predicted octanol–water partition coefficient (Wildman–Crippen LogP) is 8.87. The van der Waals surface area contributed by atoms with Crippen LogP contribution < -0.4 is 5.32 Å². The second kappa shape index (κ2) is 13.7. The number of nitrogens with one attached hydrogen (secondary N) is 3. The van der Waals surface area contributed by atoms with Crippen LogP contribution in [0.3, 0.4) is 0 Å². The molecule has 11 heteroatoms. The fourth-order valence-electron chi connectivity index (χ4n) is 6.37. The van der Waals surface area contributed by atoms with Crippen molar-refractivity contribution >= 4 is 22.9 Å². The SMILES string of the molecule is CC(C)(C)OC(=O)/N=S1\CCC[C@H]1c1ncc(-c2ccc(-c3ccc(-c4cnc([C@@H]5CCC[C@@H]5NC(=O)OC(C)(C)C)[nH]4)cc3)cc2)[nH]1. The van der Waals surface area contributed by atoms with Gasteiger partial charge in [-0.1, -0.05) is 65.6 Å². The number of carbonyl (C=O) groups excluding carboxylic acids is 2. The zero-order valence-electron chi connectivity index (χ0n) is 28.6. The molecule has 2 aromatic heterocycles. The average molecular weight is 671 g/mol. The van der Waals surface area contributed by atoms with Crippen LogP contribution >= 0.6 is 0 Å². The fourth-order valence-corrected chi connectivity index (χ4v) is 8.38. The van der Waals surface area contributed by atoms with Gasteiger partial charge in [0.1, 0.15) is 22.9 Å². The van der Waals surface area contributed by atoms with Gasteiger partial charge in [0.05, 0.1) is 29.0 Å². The summed E-state index contributed by atoms with van der Waals surface area (Å²) in [6, 6.07) is 16.9. The summed E-state index contributed by atoms with van der Waals surface area (Å²) in [7, 11) is -0.444. The Balaban J connectivity index is 1.09. The van der Waals surface area contributed by atoms with E-state index in [2.05, 4.69) is 73.2 Å². The van der Waals surface area contributed by atoms with Gasteiger partial charge in [-0.15, -0.1) is 0 Å². The first-order valence-electron chi connectivity index (χ1n) is 16.8. The Morgan fingerprint density at radius 1 is 0.750 bits per heavy atom. The number of aromatic nitrogens is 4. The molecule has 4 atom stereocenters. The summed E-state index contributed by atoms with van der Waals surface area (Å²) in [6.45, 7) is 11.2. The van der Waals surface area contributed by atoms with E-state index >= 15 is 0 Å². The van der Waals surface area contributed by atoms with E-state index in [1.807, 2.05) is 53.9 Å². The Kier molecular flexibility index (Phi) is 9.60. The minimum atomic E-state index is -0.557. The third-order valence-electron chi connectivity index (χ3n) is 8.52. The molecular formula is C37H46N6O4S. The number of ether oxygens (including phenoxy) is 2. The number of H-pyrrole nitrogens is 2. The number of nitrogens with zero attached hydrogens (tertiary/aromatic N) is 3. The Labute approximate surface area is 285 Å². The van der Waals surface area contributed by atoms with Crippen LogP contribution in [-0.2, 0) is 20.2 Å². The molecule has 1 saturated heterocycles. The maximum atomic E-state index is 12.4. The lowest BCUT2D eigenvalue weighted by Crippen LogP contribution is -2.40. The molecule has 0 radical (unpaired) electrons. The molecule has 1 unspecified atom stereocenters. The minimum Gasteiger partial charge on any atom is -0.444 e. The van der Waals surface area contributed by atoms with Crippen LogP contribution in [0.1, 0.15) is 96.5 Å². The van der Waals surface area contributed by atoms with E-state index in [4.69, 9.17) is 14.5 Å². The van der Waals surface area contributed by atoms with Gasteiger partial charge in [-0.2, -0.15) is 4.36 Å². The topological polar surface area (TPSA) is 134 Å². The number of imidazole rings is 2. The zero-order chi connectivity index (χ0) is 34.1. The second-order valence-corrected chi connectivity index (χ2v) is 16.6. The number of amides is 2. The van der Waals surface area contributed by atoms with E-state index in [0.29, 0.717) is 0 Å². The summed E-state index contributed by atoms with van der Waals surface area (Å²) in [5, 5.41) is 3.16. The van der Waals surface area contributed by atoms with Gasteiger partial charge in [0.25, 0.3) is 0 Å². The summed E-state index contributed by atoms with van der Waals surface area (Å²) in [5.74, 6) is 2.78. The van der Waals surface area contributed by atoms with Crippen molar-refractivity contribution in [3.63, 3.8) is 0 Å². The van der Waals surface area contributed by atoms with E-state index in [1.165, 1.54) is 0 Å². The molecule has 0 bridgehead atoms. The molecular weight excluding hydrogens is 625 g/mol. The van der Waals surface area contributed by atoms with Gasteiger partial charge >= 0.3 is 12.2 Å². The van der Waals surface area contributed by atoms with Crippen LogP contribution in [0.5, 0.6) is 0 Å². The predicted molar refractivity (Wildman–Crippen MR) is 190 cm³/mol. The first-order valence-corrected chi connectivity index (χ1v) is 18.2. The Hall–Kier alpha value is -4.25. The molecule has 10 nitrogen and oxygen atoms in total. The van der Waals surface area contributed by atoms with Crippen LogP contribution in [0.2, 0.25) is 0 Å². The van der Waals surface area contributed by atoms with Crippen LogP contribution in [0.4, 0.5) is 9.59 Å². The van der Waals surface area contributed by atoms with Crippen LogP contribution in [0.15, 0.2) is 65.3 Å². The molecule has 2 aromatic carbocycles. The number of carbonyl (C=O) groups is 2. The lowest BCUT2D eigenvalue weighted by Gasteiger charge is -2.24. The highest BCUT2D eigenvalue weighted by atomic mass is 32.2. The van der Waals surface area contributed by atoms with Crippen molar-refractivity contribution < 1.29 is 19.1 Å². The van der Waals surface area contributed by atoms with Crippen molar-refractivity contribution in [2.45, 2.75) is 102 Å². The molecule has 3 N–H and O–H groups in total. The molecule has 1 aliphatic heterocycles. The van der Waals surface area contributed by atoms with Gasteiger partial charge in [0.15, 0.2) is 0 Å². The van der Waals surface area contributed by atoms with Crippen molar-refractivity contribution in [3.05, 3.63) is 72.6 Å². The normalized spacial score (nSPS) is 21.4. The van der Waals surface area contributed by atoms with Gasteiger partial charge < -0.3 is 24.8 Å². The number of aromatic amines is 2. The molecule has 2 fully saturated rings. The Morgan fingerprint density at radius 3 is 1.88 bits per heavy atom. The lowest BCUT2D eigenvalue weighted by atomic mass is 10.0. The van der Waals surface area contributed by atoms with Gasteiger partial charge in [-0.05, 0) is 89.5 Å². The average Bonchev–Trinajstić information content (AvgIpc) is 3.83. The molecule has 1 aliphatic carbocycles. The highest BCUT2D eigenvalue weighted by molar-refractivity contribution is 7.88. The van der Waals surface area contributed by atoms with Gasteiger partial charge in [0, 0.05) is 17.7 Å². The fraction of sp³-hybridized carbons (Fsp3) is 0.459. The van der Waals surface area contributed by atoms with E-state index in [1.54, 1.807) is 0 Å². The van der Waals surface area contributed by atoms with E-state index in [0.717, 1.165) is 83.1 Å². The van der Waals surface area contributed by atoms with Crippen molar-refractivity contribution in [3.8, 4) is 33.6 Å². The molecule has 254 valence electrons. The summed E-state index contributed by atoms with van der Waals surface area (Å²) in [5.41, 5.74) is 5.15. The first-order chi connectivity index (χ1) is 22.8. The first kappa shape index (κ1) is 33.6. The molecule has 1 saturated carbocycles. The van der Waals surface area contributed by atoms with E-state index in [-0.39, 0.29) is 23.3 Å². The summed E-state index contributed by atoms with van der Waals surface area (Å²) < 4.78 is 15.3. The van der Waals surface area contributed by atoms with Crippen molar-refractivity contribution in [1.29, 1.82) is 0 Å². The van der Waals surface area contributed by atoms with Gasteiger partial charge in [-0.3, -0.25) is 0 Å². The molecule has 0 spiro atoms. The number of benzene rings is 2. The third kappa shape index (κ3) is 8.24. The quantitative estimate of drug-likeness (QED) is 0.188. The lowest BCUT2D eigenvalue weighted by molar-refractivity contribution is 0.0499. The Bertz CT molecular complexity index is 1780. The van der Waals surface area contributed by atoms with E-state index < -0.39 is 28.0 Å². The molecule has 6 rings (SSSR count). The van der Waals surface area contributed by atoms with Crippen molar-refractivity contribution in [2.75, 3.05) is 5.75 Å². The maximum absolute atomic E-state index is 12.4. The molecule has 4 aromatic rings. The number of rotatable bonds is 6. The molecule has 2 amide bonds. The Morgan fingerprint density at radius 2 is 1.29 bits per heavy atom. The number of alkyl carbamates (subject to hydrolysis) is 1. The molecule has 48 heavy (non-hydrogen) atoms. The number of hydrogen-bond acceptors (Lipinski definition) is 6. The smallest absolute Gasteiger partial charge is 0.440 e.